The summed E-state index contributed by atoms with van der Waals surface area (Å²) in [5.74, 6) is -0.288. The summed E-state index contributed by atoms with van der Waals surface area (Å²) in [4.78, 5) is 17.4. The maximum atomic E-state index is 12.0. The molecule has 2 N–H and O–H groups in total. The van der Waals surface area contributed by atoms with Crippen LogP contribution in [-0.4, -0.2) is 16.0 Å². The van der Waals surface area contributed by atoms with Gasteiger partial charge in [-0.1, -0.05) is 11.6 Å². The van der Waals surface area contributed by atoms with Gasteiger partial charge in [0.05, 0.1) is 11.1 Å². The fraction of sp³-hybridized carbons (Fsp3) is 0.231. The zero-order chi connectivity index (χ0) is 14.0. The zero-order valence-electron chi connectivity index (χ0n) is 10.5. The van der Waals surface area contributed by atoms with E-state index in [1.165, 1.54) is 18.2 Å². The summed E-state index contributed by atoms with van der Waals surface area (Å²) >= 11 is 7.32. The van der Waals surface area contributed by atoms with E-state index in [0.29, 0.717) is 5.56 Å². The Morgan fingerprint density at radius 3 is 2.84 bits per heavy atom. The van der Waals surface area contributed by atoms with Crippen molar-refractivity contribution in [2.24, 2.45) is 0 Å². The number of hydrogen-bond acceptors (Lipinski definition) is 4. The molecule has 0 bridgehead atoms. The van der Waals surface area contributed by atoms with Crippen molar-refractivity contribution in [1.82, 2.24) is 10.3 Å². The van der Waals surface area contributed by atoms with Gasteiger partial charge in [-0.15, -0.1) is 11.3 Å². The summed E-state index contributed by atoms with van der Waals surface area (Å²) in [6.07, 6.45) is 1.78. The molecule has 1 unspecified atom stereocenters. The molecule has 0 aliphatic heterocycles. The molecule has 0 fully saturated rings. The molecular weight excluding hydrogens is 284 g/mol. The number of aromatic nitrogens is 1. The Bertz CT molecular complexity index is 612. The molecule has 0 radical (unpaired) electrons. The summed E-state index contributed by atoms with van der Waals surface area (Å²) in [6.45, 7) is 3.84. The van der Waals surface area contributed by atoms with Gasteiger partial charge in [-0.3, -0.25) is 4.79 Å². The van der Waals surface area contributed by atoms with Crippen LogP contribution in [0.15, 0.2) is 24.4 Å². The smallest absolute Gasteiger partial charge is 0.251 e. The van der Waals surface area contributed by atoms with Gasteiger partial charge in [0, 0.05) is 16.6 Å². The average Bonchev–Trinajstić information content (AvgIpc) is 2.79. The van der Waals surface area contributed by atoms with Crippen LogP contribution in [0.25, 0.3) is 0 Å². The van der Waals surface area contributed by atoms with Crippen LogP contribution in [0.2, 0.25) is 5.02 Å². The van der Waals surface area contributed by atoms with Crippen LogP contribution in [0.1, 0.15) is 33.2 Å². The number of phenols is 1. The molecule has 1 atom stereocenters. The molecule has 4 nitrogen and oxygen atoms in total. The fourth-order valence-electron chi connectivity index (χ4n) is 1.56. The zero-order valence-corrected chi connectivity index (χ0v) is 12.0. The normalized spacial score (nSPS) is 12.2. The molecule has 2 rings (SSSR count). The van der Waals surface area contributed by atoms with Crippen LogP contribution < -0.4 is 5.32 Å². The molecule has 1 amide bonds. The molecule has 0 saturated carbocycles. The number of carbonyl (C=O) groups excluding carboxylic acids is 1. The van der Waals surface area contributed by atoms with Gasteiger partial charge >= 0.3 is 0 Å². The molecule has 0 spiro atoms. The minimum atomic E-state index is -0.248. The van der Waals surface area contributed by atoms with Crippen LogP contribution in [0.5, 0.6) is 5.75 Å². The van der Waals surface area contributed by atoms with Crippen LogP contribution in [0.4, 0.5) is 0 Å². The van der Waals surface area contributed by atoms with Crippen molar-refractivity contribution in [2.45, 2.75) is 19.9 Å². The maximum Gasteiger partial charge on any atom is 0.251 e. The number of aryl methyl sites for hydroxylation is 1. The number of aromatic hydroxyl groups is 1. The van der Waals surface area contributed by atoms with Crippen LogP contribution >= 0.6 is 22.9 Å². The van der Waals surface area contributed by atoms with E-state index in [-0.39, 0.29) is 22.7 Å². The lowest BCUT2D eigenvalue weighted by atomic mass is 10.2. The highest BCUT2D eigenvalue weighted by atomic mass is 35.5. The van der Waals surface area contributed by atoms with Crippen molar-refractivity contribution in [2.75, 3.05) is 0 Å². The van der Waals surface area contributed by atoms with E-state index >= 15 is 0 Å². The molecule has 19 heavy (non-hydrogen) atoms. The van der Waals surface area contributed by atoms with Crippen LogP contribution in [0.3, 0.4) is 0 Å². The molecule has 0 saturated heterocycles. The Morgan fingerprint density at radius 2 is 2.26 bits per heavy atom. The third-order valence-electron chi connectivity index (χ3n) is 2.57. The topological polar surface area (TPSA) is 62.2 Å². The monoisotopic (exact) mass is 296 g/mol. The van der Waals surface area contributed by atoms with E-state index in [9.17, 15) is 9.90 Å². The van der Waals surface area contributed by atoms with E-state index in [1.54, 1.807) is 17.5 Å². The largest absolute Gasteiger partial charge is 0.506 e. The lowest BCUT2D eigenvalue weighted by Gasteiger charge is -2.11. The summed E-state index contributed by atoms with van der Waals surface area (Å²) in [5, 5.41) is 13.2. The third-order valence-corrected chi connectivity index (χ3v) is 3.97. The van der Waals surface area contributed by atoms with E-state index in [0.717, 1.165) is 9.88 Å². The summed E-state index contributed by atoms with van der Waals surface area (Å²) in [5.41, 5.74) is 0.405. The Kier molecular flexibility index (Phi) is 4.07. The Morgan fingerprint density at radius 1 is 1.53 bits per heavy atom. The first kappa shape index (κ1) is 13.8. The predicted octanol–water partition coefficient (Wildman–Crippen LogP) is 3.30. The second-order valence-electron chi connectivity index (χ2n) is 4.17. The summed E-state index contributed by atoms with van der Waals surface area (Å²) < 4.78 is 0. The number of hydrogen-bond donors (Lipinski definition) is 2. The molecule has 100 valence electrons. The minimum Gasteiger partial charge on any atom is -0.506 e. The molecular formula is C13H13ClN2O2S. The number of carbonyl (C=O) groups is 1. The number of benzene rings is 1. The highest BCUT2D eigenvalue weighted by Crippen LogP contribution is 2.24. The van der Waals surface area contributed by atoms with Crippen molar-refractivity contribution in [3.63, 3.8) is 0 Å². The van der Waals surface area contributed by atoms with E-state index in [4.69, 9.17) is 11.6 Å². The summed E-state index contributed by atoms with van der Waals surface area (Å²) in [6, 6.07) is 4.19. The van der Waals surface area contributed by atoms with E-state index in [1.807, 2.05) is 13.8 Å². The van der Waals surface area contributed by atoms with Gasteiger partial charge in [-0.05, 0) is 32.0 Å². The number of thiazole rings is 1. The Labute approximate surface area is 120 Å². The number of nitrogens with zero attached hydrogens (tertiary/aromatic N) is 1. The van der Waals surface area contributed by atoms with Crippen molar-refractivity contribution in [3.8, 4) is 5.75 Å². The number of rotatable bonds is 3. The highest BCUT2D eigenvalue weighted by molar-refractivity contribution is 7.11. The molecule has 2 aromatic rings. The SMILES string of the molecule is Cc1cnc(C(C)NC(=O)c2ccc(O)c(Cl)c2)s1. The van der Waals surface area contributed by atoms with Gasteiger partial charge in [-0.2, -0.15) is 0 Å². The summed E-state index contributed by atoms with van der Waals surface area (Å²) in [7, 11) is 0. The van der Waals surface area contributed by atoms with Crippen LogP contribution in [0, 0.1) is 6.92 Å². The molecule has 0 aliphatic rings. The third kappa shape index (κ3) is 3.24. The fourth-order valence-corrected chi connectivity index (χ4v) is 2.52. The number of nitrogens with one attached hydrogen (secondary N) is 1. The number of amides is 1. The quantitative estimate of drug-likeness (QED) is 0.913. The minimum absolute atomic E-state index is 0.0400. The highest BCUT2D eigenvalue weighted by Gasteiger charge is 2.14. The lowest BCUT2D eigenvalue weighted by molar-refractivity contribution is 0.0940. The Balaban J connectivity index is 2.10. The maximum absolute atomic E-state index is 12.0. The lowest BCUT2D eigenvalue weighted by Crippen LogP contribution is -2.26. The van der Waals surface area contributed by atoms with Crippen LogP contribution in [-0.2, 0) is 0 Å². The van der Waals surface area contributed by atoms with Gasteiger partial charge < -0.3 is 10.4 Å². The van der Waals surface area contributed by atoms with Gasteiger partial charge in [0.2, 0.25) is 0 Å². The van der Waals surface area contributed by atoms with Crippen molar-refractivity contribution < 1.29 is 9.90 Å². The molecule has 1 heterocycles. The first-order chi connectivity index (χ1) is 8.97. The standard InChI is InChI=1S/C13H13ClN2O2S/c1-7-6-15-13(19-7)8(2)16-12(18)9-3-4-11(17)10(14)5-9/h3-6,8,17H,1-2H3,(H,16,18). The van der Waals surface area contributed by atoms with Gasteiger partial charge in [0.1, 0.15) is 10.8 Å². The molecule has 1 aromatic carbocycles. The first-order valence-electron chi connectivity index (χ1n) is 5.69. The van der Waals surface area contributed by atoms with Gasteiger partial charge in [0.25, 0.3) is 5.91 Å². The average molecular weight is 297 g/mol. The van der Waals surface area contributed by atoms with Crippen molar-refractivity contribution in [3.05, 3.63) is 44.9 Å². The molecule has 6 heteroatoms. The molecule has 1 aromatic heterocycles. The first-order valence-corrected chi connectivity index (χ1v) is 6.88. The van der Waals surface area contributed by atoms with Gasteiger partial charge in [0.15, 0.2) is 0 Å². The second kappa shape index (κ2) is 5.59. The van der Waals surface area contributed by atoms with Crippen molar-refractivity contribution >= 4 is 28.8 Å². The second-order valence-corrected chi connectivity index (χ2v) is 5.84. The van der Waals surface area contributed by atoms with E-state index in [2.05, 4.69) is 10.3 Å². The number of phenolic OH excluding ortho intramolecular Hbond substituents is 1. The van der Waals surface area contributed by atoms with Gasteiger partial charge in [-0.25, -0.2) is 4.98 Å². The van der Waals surface area contributed by atoms with Crippen molar-refractivity contribution in [1.29, 1.82) is 0 Å². The Hall–Kier alpha value is -1.59. The predicted molar refractivity (Wildman–Crippen MR) is 75.8 cm³/mol. The molecule has 0 aliphatic carbocycles. The number of halogens is 1. The van der Waals surface area contributed by atoms with E-state index < -0.39 is 0 Å².